The Morgan fingerprint density at radius 2 is 1.84 bits per heavy atom. The summed E-state index contributed by atoms with van der Waals surface area (Å²) in [5.74, 6) is -2.36. The van der Waals surface area contributed by atoms with Gasteiger partial charge >= 0.3 is 6.36 Å². The van der Waals surface area contributed by atoms with E-state index in [0.717, 1.165) is 53.4 Å². The minimum atomic E-state index is -4.77. The number of thioether (sulfide) groups is 1. The largest absolute Gasteiger partial charge is 0.573 e. The number of nitrogens with zero attached hydrogens (tertiary/aromatic N) is 2. The first-order valence-electron chi connectivity index (χ1n) is 8.48. The fourth-order valence-corrected chi connectivity index (χ4v) is 4.12. The predicted octanol–water partition coefficient (Wildman–Crippen LogP) is 5.58. The summed E-state index contributed by atoms with van der Waals surface area (Å²) in [4.78, 5) is 12.2. The van der Waals surface area contributed by atoms with Crippen LogP contribution < -0.4 is 15.4 Å². The number of hydrogen-bond acceptors (Lipinski definition) is 7. The normalized spacial score (nSPS) is 12.3. The highest BCUT2D eigenvalue weighted by atomic mass is 32.2. The van der Waals surface area contributed by atoms with E-state index >= 15 is 0 Å². The highest BCUT2D eigenvalue weighted by Gasteiger charge is 2.31. The molecule has 0 saturated carbocycles. The molecule has 0 saturated heterocycles. The molecule has 3 rings (SSSR count). The molecule has 3 aromatic rings. The standard InChI is InChI=1S/C18H13F5N4O2S2/c1-9(15(28)25-14-8-10(19)2-7-13(14)20)30-17-27-26-16(31-17)24-11-3-5-12(6-4-11)29-18(21,22)23/h2-9H,1H3,(H,24,26)(H,25,28). The lowest BCUT2D eigenvalue weighted by molar-refractivity contribution is -0.274. The van der Waals surface area contributed by atoms with Crippen LogP contribution in [0.5, 0.6) is 5.75 Å². The van der Waals surface area contributed by atoms with Crippen LogP contribution in [0, 0.1) is 11.6 Å². The number of halogens is 5. The van der Waals surface area contributed by atoms with Crippen LogP contribution in [-0.2, 0) is 4.79 Å². The molecular formula is C18H13F5N4O2S2. The number of aromatic nitrogens is 2. The van der Waals surface area contributed by atoms with Gasteiger partial charge in [-0.05, 0) is 43.3 Å². The molecule has 0 spiro atoms. The maximum Gasteiger partial charge on any atom is 0.573 e. The molecule has 31 heavy (non-hydrogen) atoms. The molecule has 2 N–H and O–H groups in total. The van der Waals surface area contributed by atoms with Crippen molar-refractivity contribution in [3.63, 3.8) is 0 Å². The van der Waals surface area contributed by atoms with Crippen molar-refractivity contribution in [2.45, 2.75) is 22.9 Å². The molecule has 0 aliphatic rings. The van der Waals surface area contributed by atoms with E-state index in [0.29, 0.717) is 15.2 Å². The lowest BCUT2D eigenvalue weighted by Gasteiger charge is -2.11. The number of ether oxygens (including phenoxy) is 1. The van der Waals surface area contributed by atoms with E-state index in [-0.39, 0.29) is 11.4 Å². The zero-order valence-corrected chi connectivity index (χ0v) is 17.2. The summed E-state index contributed by atoms with van der Waals surface area (Å²) in [6.07, 6.45) is -4.77. The van der Waals surface area contributed by atoms with E-state index in [1.807, 2.05) is 0 Å². The zero-order chi connectivity index (χ0) is 22.6. The molecule has 0 aliphatic carbocycles. The molecule has 0 aliphatic heterocycles. The summed E-state index contributed by atoms with van der Waals surface area (Å²) in [5.41, 5.74) is 0.185. The van der Waals surface area contributed by atoms with Gasteiger partial charge in [0, 0.05) is 11.8 Å². The van der Waals surface area contributed by atoms with E-state index in [9.17, 15) is 26.7 Å². The third kappa shape index (κ3) is 6.79. The van der Waals surface area contributed by atoms with Gasteiger partial charge in [-0.3, -0.25) is 4.79 Å². The average molecular weight is 476 g/mol. The Hall–Kier alpha value is -2.93. The van der Waals surface area contributed by atoms with Gasteiger partial charge in [-0.25, -0.2) is 8.78 Å². The maximum atomic E-state index is 13.7. The van der Waals surface area contributed by atoms with Crippen LogP contribution >= 0.6 is 23.1 Å². The number of hydrogen-bond donors (Lipinski definition) is 2. The van der Waals surface area contributed by atoms with Gasteiger partial charge < -0.3 is 15.4 Å². The molecule has 0 radical (unpaired) electrons. The van der Waals surface area contributed by atoms with Gasteiger partial charge in [-0.2, -0.15) is 0 Å². The monoisotopic (exact) mass is 476 g/mol. The molecular weight excluding hydrogens is 463 g/mol. The fourth-order valence-electron chi connectivity index (χ4n) is 2.20. The molecule has 2 aromatic carbocycles. The highest BCUT2D eigenvalue weighted by Crippen LogP contribution is 2.32. The Morgan fingerprint density at radius 1 is 1.13 bits per heavy atom. The van der Waals surface area contributed by atoms with Gasteiger partial charge in [-0.15, -0.1) is 23.4 Å². The molecule has 6 nitrogen and oxygen atoms in total. The molecule has 0 fully saturated rings. The van der Waals surface area contributed by atoms with Crippen molar-refractivity contribution in [2.24, 2.45) is 0 Å². The van der Waals surface area contributed by atoms with Crippen LogP contribution in [-0.4, -0.2) is 27.7 Å². The van der Waals surface area contributed by atoms with Crippen LogP contribution in [0.15, 0.2) is 46.8 Å². The summed E-state index contributed by atoms with van der Waals surface area (Å²) in [6.45, 7) is 1.56. The van der Waals surface area contributed by atoms with Gasteiger partial charge in [0.25, 0.3) is 0 Å². The number of anilines is 3. The SMILES string of the molecule is CC(Sc1nnc(Nc2ccc(OC(F)(F)F)cc2)s1)C(=O)Nc1cc(F)ccc1F. The van der Waals surface area contributed by atoms with E-state index in [2.05, 4.69) is 25.6 Å². The fraction of sp³-hybridized carbons (Fsp3) is 0.167. The van der Waals surface area contributed by atoms with Crippen LogP contribution in [0.4, 0.5) is 38.5 Å². The van der Waals surface area contributed by atoms with Crippen molar-refractivity contribution in [3.8, 4) is 5.75 Å². The van der Waals surface area contributed by atoms with Crippen molar-refractivity contribution in [2.75, 3.05) is 10.6 Å². The maximum absolute atomic E-state index is 13.7. The number of alkyl halides is 3. The number of nitrogens with one attached hydrogen (secondary N) is 2. The van der Waals surface area contributed by atoms with Crippen molar-refractivity contribution in [1.82, 2.24) is 10.2 Å². The van der Waals surface area contributed by atoms with E-state index in [4.69, 9.17) is 0 Å². The number of carbonyl (C=O) groups is 1. The smallest absolute Gasteiger partial charge is 0.406 e. The quantitative estimate of drug-likeness (QED) is 0.343. The third-order valence-corrected chi connectivity index (χ3v) is 5.60. The number of rotatable bonds is 7. The van der Waals surface area contributed by atoms with Crippen LogP contribution in [0.3, 0.4) is 0 Å². The molecule has 1 aromatic heterocycles. The second-order valence-corrected chi connectivity index (χ2v) is 8.51. The number of benzene rings is 2. The first-order chi connectivity index (χ1) is 14.6. The Balaban J connectivity index is 1.56. The second kappa shape index (κ2) is 9.47. The zero-order valence-electron chi connectivity index (χ0n) is 15.5. The van der Waals surface area contributed by atoms with Gasteiger partial charge in [-0.1, -0.05) is 23.1 Å². The first kappa shape index (κ1) is 22.7. The van der Waals surface area contributed by atoms with Gasteiger partial charge in [0.1, 0.15) is 17.4 Å². The van der Waals surface area contributed by atoms with Gasteiger partial charge in [0.05, 0.1) is 10.9 Å². The summed E-state index contributed by atoms with van der Waals surface area (Å²) >= 11 is 2.16. The lowest BCUT2D eigenvalue weighted by atomic mass is 10.3. The lowest BCUT2D eigenvalue weighted by Crippen LogP contribution is -2.23. The Bertz CT molecular complexity index is 1060. The number of carbonyl (C=O) groups excluding carboxylic acids is 1. The van der Waals surface area contributed by atoms with Crippen molar-refractivity contribution in [3.05, 3.63) is 54.1 Å². The van der Waals surface area contributed by atoms with Gasteiger partial charge in [0.15, 0.2) is 4.34 Å². The van der Waals surface area contributed by atoms with Gasteiger partial charge in [0.2, 0.25) is 11.0 Å². The summed E-state index contributed by atoms with van der Waals surface area (Å²) < 4.78 is 67.7. The molecule has 1 unspecified atom stereocenters. The minimum Gasteiger partial charge on any atom is -0.406 e. The van der Waals surface area contributed by atoms with Crippen LogP contribution in [0.25, 0.3) is 0 Å². The second-order valence-electron chi connectivity index (χ2n) is 5.94. The van der Waals surface area contributed by atoms with Crippen molar-refractivity contribution in [1.29, 1.82) is 0 Å². The van der Waals surface area contributed by atoms with Crippen LogP contribution in [0.1, 0.15) is 6.92 Å². The topological polar surface area (TPSA) is 76.1 Å². The highest BCUT2D eigenvalue weighted by molar-refractivity contribution is 8.02. The molecule has 0 bridgehead atoms. The average Bonchev–Trinajstić information content (AvgIpc) is 3.12. The van der Waals surface area contributed by atoms with E-state index < -0.39 is 29.2 Å². The minimum absolute atomic E-state index is 0.269. The predicted molar refractivity (Wildman–Crippen MR) is 107 cm³/mol. The summed E-state index contributed by atoms with van der Waals surface area (Å²) in [7, 11) is 0. The van der Waals surface area contributed by atoms with E-state index in [1.165, 1.54) is 12.1 Å². The van der Waals surface area contributed by atoms with Crippen LogP contribution in [0.2, 0.25) is 0 Å². The molecule has 164 valence electrons. The molecule has 1 atom stereocenters. The van der Waals surface area contributed by atoms with Crippen molar-refractivity contribution >= 4 is 45.5 Å². The van der Waals surface area contributed by atoms with E-state index in [1.54, 1.807) is 6.92 Å². The molecule has 13 heteroatoms. The summed E-state index contributed by atoms with van der Waals surface area (Å²) in [6, 6.07) is 7.76. The third-order valence-electron chi connectivity index (χ3n) is 3.58. The number of amides is 1. The Labute approximate surface area is 180 Å². The molecule has 1 amide bonds. The summed E-state index contributed by atoms with van der Waals surface area (Å²) in [5, 5.41) is 12.7. The Kier molecular flexibility index (Phi) is 6.95. The molecule has 1 heterocycles. The van der Waals surface area contributed by atoms with Crippen molar-refractivity contribution < 1.29 is 31.5 Å². The Morgan fingerprint density at radius 3 is 2.52 bits per heavy atom. The first-order valence-corrected chi connectivity index (χ1v) is 10.2.